The highest BCUT2D eigenvalue weighted by Gasteiger charge is 2.28. The molecule has 5 nitrogen and oxygen atoms in total. The van der Waals surface area contributed by atoms with Crippen LogP contribution in [0.1, 0.15) is 36.4 Å². The molecule has 1 aliphatic rings. The molecular weight excluding hydrogens is 274 g/mol. The number of primary amides is 1. The van der Waals surface area contributed by atoms with Gasteiger partial charge in [-0.3, -0.25) is 4.79 Å². The molecule has 2 rings (SSSR count). The Kier molecular flexibility index (Phi) is 4.42. The fourth-order valence-corrected chi connectivity index (χ4v) is 3.87. The zero-order valence-electron chi connectivity index (χ0n) is 12.3. The lowest BCUT2D eigenvalue weighted by Gasteiger charge is -2.34. The van der Waals surface area contributed by atoms with E-state index in [2.05, 4.69) is 18.7 Å². The summed E-state index contributed by atoms with van der Waals surface area (Å²) in [6.07, 6.45) is 2.31. The summed E-state index contributed by atoms with van der Waals surface area (Å²) >= 11 is 1.34. The molecule has 2 heterocycles. The molecule has 1 aliphatic heterocycles. The van der Waals surface area contributed by atoms with Gasteiger partial charge >= 0.3 is 0 Å². The summed E-state index contributed by atoms with van der Waals surface area (Å²) in [6.45, 7) is 6.49. The molecule has 20 heavy (non-hydrogen) atoms. The first-order chi connectivity index (χ1) is 9.45. The molecule has 0 aliphatic carbocycles. The van der Waals surface area contributed by atoms with Crippen LogP contribution in [-0.2, 0) is 0 Å². The number of ether oxygens (including phenoxy) is 1. The van der Waals surface area contributed by atoms with Crippen molar-refractivity contribution in [2.75, 3.05) is 30.8 Å². The third-order valence-electron chi connectivity index (χ3n) is 4.08. The highest BCUT2D eigenvalue weighted by Crippen LogP contribution is 2.45. The molecule has 0 bridgehead atoms. The number of amides is 1. The van der Waals surface area contributed by atoms with E-state index in [1.165, 1.54) is 11.3 Å². The molecule has 1 aromatic heterocycles. The number of anilines is 2. The Labute approximate surface area is 123 Å². The zero-order valence-corrected chi connectivity index (χ0v) is 13.1. The van der Waals surface area contributed by atoms with Crippen molar-refractivity contribution >= 4 is 27.9 Å². The van der Waals surface area contributed by atoms with Gasteiger partial charge in [-0.15, -0.1) is 11.3 Å². The highest BCUT2D eigenvalue weighted by molar-refractivity contribution is 7.19. The molecule has 4 N–H and O–H groups in total. The number of methoxy groups -OCH3 is 1. The van der Waals surface area contributed by atoms with Crippen LogP contribution in [0.5, 0.6) is 5.75 Å². The van der Waals surface area contributed by atoms with Crippen LogP contribution in [-0.4, -0.2) is 26.1 Å². The van der Waals surface area contributed by atoms with Crippen molar-refractivity contribution < 1.29 is 9.53 Å². The summed E-state index contributed by atoms with van der Waals surface area (Å²) in [7, 11) is 1.58. The lowest BCUT2D eigenvalue weighted by atomic mass is 9.87. The van der Waals surface area contributed by atoms with Gasteiger partial charge in [-0.25, -0.2) is 0 Å². The molecule has 0 unspecified atom stereocenters. The first kappa shape index (κ1) is 15.0. The van der Waals surface area contributed by atoms with Gasteiger partial charge in [0.25, 0.3) is 5.91 Å². The van der Waals surface area contributed by atoms with Crippen LogP contribution < -0.4 is 21.1 Å². The molecule has 0 spiro atoms. The van der Waals surface area contributed by atoms with Gasteiger partial charge < -0.3 is 21.1 Å². The Bertz CT molecular complexity index is 491. The van der Waals surface area contributed by atoms with Gasteiger partial charge in [0.15, 0.2) is 5.75 Å². The van der Waals surface area contributed by atoms with E-state index in [-0.39, 0.29) is 0 Å². The number of hydrogen-bond donors (Lipinski definition) is 2. The molecule has 112 valence electrons. The summed E-state index contributed by atoms with van der Waals surface area (Å²) in [5, 5.41) is 0.931. The van der Waals surface area contributed by atoms with E-state index in [9.17, 15) is 4.79 Å². The predicted molar refractivity (Wildman–Crippen MR) is 83.6 cm³/mol. The Hall–Kier alpha value is -1.43. The van der Waals surface area contributed by atoms with Gasteiger partial charge in [-0.2, -0.15) is 0 Å². The third-order valence-corrected chi connectivity index (χ3v) is 5.34. The van der Waals surface area contributed by atoms with Crippen LogP contribution in [0.15, 0.2) is 0 Å². The monoisotopic (exact) mass is 297 g/mol. The molecule has 0 aromatic carbocycles. The number of carbonyl (C=O) groups excluding carboxylic acids is 1. The third kappa shape index (κ3) is 2.70. The smallest absolute Gasteiger partial charge is 0.261 e. The van der Waals surface area contributed by atoms with Gasteiger partial charge in [-0.05, 0) is 24.7 Å². The van der Waals surface area contributed by atoms with Crippen LogP contribution in [0.3, 0.4) is 0 Å². The van der Waals surface area contributed by atoms with E-state index in [0.29, 0.717) is 22.2 Å². The molecule has 0 atom stereocenters. The number of hydrogen-bond acceptors (Lipinski definition) is 5. The van der Waals surface area contributed by atoms with Crippen molar-refractivity contribution in [3.8, 4) is 5.75 Å². The molecule has 1 fully saturated rings. The summed E-state index contributed by atoms with van der Waals surface area (Å²) in [5.74, 6) is 1.58. The molecule has 1 saturated heterocycles. The minimum atomic E-state index is -0.492. The number of nitrogens with two attached hydrogens (primary N) is 2. The number of rotatable bonds is 4. The summed E-state index contributed by atoms with van der Waals surface area (Å²) in [5.41, 5.74) is 11.7. The lowest BCUT2D eigenvalue weighted by Crippen LogP contribution is -2.34. The van der Waals surface area contributed by atoms with E-state index in [0.717, 1.165) is 36.9 Å². The second kappa shape index (κ2) is 5.91. The predicted octanol–water partition coefficient (Wildman–Crippen LogP) is 2.31. The van der Waals surface area contributed by atoms with E-state index < -0.39 is 5.91 Å². The zero-order chi connectivity index (χ0) is 14.9. The lowest BCUT2D eigenvalue weighted by molar-refractivity contribution is 0.100. The fraction of sp³-hybridized carbons (Fsp3) is 0.643. The van der Waals surface area contributed by atoms with Gasteiger partial charge in [0, 0.05) is 13.1 Å². The fourth-order valence-electron chi connectivity index (χ4n) is 2.77. The molecule has 0 saturated carbocycles. The van der Waals surface area contributed by atoms with Gasteiger partial charge in [0.1, 0.15) is 15.6 Å². The van der Waals surface area contributed by atoms with Crippen molar-refractivity contribution in [3.63, 3.8) is 0 Å². The molecule has 1 amide bonds. The Morgan fingerprint density at radius 2 is 2.00 bits per heavy atom. The van der Waals surface area contributed by atoms with Crippen molar-refractivity contribution in [3.05, 3.63) is 4.88 Å². The number of nitrogen functional groups attached to an aromatic ring is 1. The second-order valence-corrected chi connectivity index (χ2v) is 6.62. The summed E-state index contributed by atoms with van der Waals surface area (Å²) in [6, 6.07) is 0. The maximum Gasteiger partial charge on any atom is 0.261 e. The van der Waals surface area contributed by atoms with E-state index in [1.807, 2.05) is 0 Å². The van der Waals surface area contributed by atoms with E-state index in [1.54, 1.807) is 7.11 Å². The number of piperidine rings is 1. The number of thiophene rings is 1. The highest BCUT2D eigenvalue weighted by atomic mass is 32.1. The van der Waals surface area contributed by atoms with Crippen molar-refractivity contribution in [1.82, 2.24) is 0 Å². The van der Waals surface area contributed by atoms with Crippen molar-refractivity contribution in [2.45, 2.75) is 26.7 Å². The van der Waals surface area contributed by atoms with Crippen LogP contribution >= 0.6 is 11.3 Å². The van der Waals surface area contributed by atoms with Gasteiger partial charge in [0.2, 0.25) is 0 Å². The Balaban J connectivity index is 2.21. The van der Waals surface area contributed by atoms with Crippen LogP contribution in [0.25, 0.3) is 0 Å². The van der Waals surface area contributed by atoms with Crippen LogP contribution in [0.4, 0.5) is 10.7 Å². The minimum Gasteiger partial charge on any atom is -0.492 e. The number of carbonyl (C=O) groups is 1. The summed E-state index contributed by atoms with van der Waals surface area (Å²) in [4.78, 5) is 14.1. The number of nitrogens with zero attached hydrogens (tertiary/aromatic N) is 1. The molecule has 0 radical (unpaired) electrons. The molecular formula is C14H23N3O2S. The Morgan fingerprint density at radius 3 is 2.45 bits per heavy atom. The van der Waals surface area contributed by atoms with Crippen LogP contribution in [0, 0.1) is 11.8 Å². The van der Waals surface area contributed by atoms with E-state index >= 15 is 0 Å². The maximum atomic E-state index is 11.4. The van der Waals surface area contributed by atoms with E-state index in [4.69, 9.17) is 16.2 Å². The van der Waals surface area contributed by atoms with Crippen LogP contribution in [0.2, 0.25) is 0 Å². The van der Waals surface area contributed by atoms with Gasteiger partial charge in [-0.1, -0.05) is 13.8 Å². The topological polar surface area (TPSA) is 81.6 Å². The van der Waals surface area contributed by atoms with Crippen molar-refractivity contribution in [2.24, 2.45) is 17.6 Å². The Morgan fingerprint density at radius 1 is 1.40 bits per heavy atom. The second-order valence-electron chi connectivity index (χ2n) is 5.62. The average Bonchev–Trinajstić information content (AvgIpc) is 2.75. The first-order valence-corrected chi connectivity index (χ1v) is 7.78. The average molecular weight is 297 g/mol. The van der Waals surface area contributed by atoms with Crippen molar-refractivity contribution in [1.29, 1.82) is 0 Å². The summed E-state index contributed by atoms with van der Waals surface area (Å²) < 4.78 is 5.37. The quantitative estimate of drug-likeness (QED) is 0.893. The largest absolute Gasteiger partial charge is 0.492 e. The first-order valence-electron chi connectivity index (χ1n) is 6.96. The standard InChI is InChI=1S/C14H23N3O2S/c1-8(2)9-4-6-17(7-5-9)14-11(19-3)10(15)12(20-14)13(16)18/h8-9H,4-7,15H2,1-3H3,(H2,16,18). The molecule has 6 heteroatoms. The molecule has 1 aromatic rings. The maximum absolute atomic E-state index is 11.4. The van der Waals surface area contributed by atoms with Gasteiger partial charge in [0.05, 0.1) is 7.11 Å². The minimum absolute atomic E-state index is 0.367. The SMILES string of the molecule is COc1c(N2CCC(C(C)C)CC2)sc(C(N)=O)c1N. The normalized spacial score (nSPS) is 16.7.